The zero-order valence-corrected chi connectivity index (χ0v) is 21.5. The summed E-state index contributed by atoms with van der Waals surface area (Å²) in [5.41, 5.74) is 2.70. The van der Waals surface area contributed by atoms with E-state index >= 15 is 0 Å². The molecule has 1 amide bonds. The van der Waals surface area contributed by atoms with Crippen LogP contribution in [0.3, 0.4) is 0 Å². The van der Waals surface area contributed by atoms with Gasteiger partial charge in [0.2, 0.25) is 5.91 Å². The molecule has 0 aliphatic carbocycles. The summed E-state index contributed by atoms with van der Waals surface area (Å²) >= 11 is 6.47. The van der Waals surface area contributed by atoms with E-state index < -0.39 is 0 Å². The van der Waals surface area contributed by atoms with Crippen LogP contribution in [0, 0.1) is 5.82 Å². The zero-order valence-electron chi connectivity index (χ0n) is 20.8. The highest BCUT2D eigenvalue weighted by atomic mass is 35.5. The molecule has 2 aromatic carbocycles. The van der Waals surface area contributed by atoms with Gasteiger partial charge in [-0.05, 0) is 60.5 Å². The van der Waals surface area contributed by atoms with Crippen molar-refractivity contribution in [1.82, 2.24) is 19.9 Å². The Balaban J connectivity index is 1.32. The smallest absolute Gasteiger partial charge is 0.246 e. The molecular weight excluding hydrogens is 507 g/mol. The maximum Gasteiger partial charge on any atom is 0.246 e. The number of hydrogen-bond donors (Lipinski definition) is 1. The number of aromatic nitrogens is 3. The first kappa shape index (κ1) is 25.4. The first-order chi connectivity index (χ1) is 18.4. The number of nitrogens with one attached hydrogen (secondary N) is 1. The molecule has 38 heavy (non-hydrogen) atoms. The van der Waals surface area contributed by atoms with Crippen LogP contribution in [0.5, 0.6) is 5.75 Å². The van der Waals surface area contributed by atoms with E-state index in [1.165, 1.54) is 24.5 Å². The summed E-state index contributed by atoms with van der Waals surface area (Å²) in [6.45, 7) is 5.08. The summed E-state index contributed by atoms with van der Waals surface area (Å²) in [5.74, 6) is 1.40. The predicted octanol–water partition coefficient (Wildman–Crippen LogP) is 5.36. The van der Waals surface area contributed by atoms with E-state index in [0.717, 1.165) is 12.2 Å². The molecule has 5 rings (SSSR count). The Morgan fingerprint density at radius 1 is 1.26 bits per heavy atom. The van der Waals surface area contributed by atoms with Gasteiger partial charge in [0, 0.05) is 31.9 Å². The summed E-state index contributed by atoms with van der Waals surface area (Å²) < 4.78 is 19.2. The third-order valence-corrected chi connectivity index (χ3v) is 6.80. The summed E-state index contributed by atoms with van der Waals surface area (Å²) in [5, 5.41) is 3.68. The number of pyridine rings is 1. The van der Waals surface area contributed by atoms with Crippen LogP contribution in [-0.2, 0) is 11.4 Å². The maximum absolute atomic E-state index is 13.4. The Bertz CT molecular complexity index is 1500. The largest absolute Gasteiger partial charge is 0.487 e. The molecule has 1 aliphatic rings. The number of likely N-dealkylation sites (tertiary alicyclic amines) is 1. The predicted molar refractivity (Wildman–Crippen MR) is 146 cm³/mol. The number of anilines is 3. The summed E-state index contributed by atoms with van der Waals surface area (Å²) in [4.78, 5) is 29.5. The number of amides is 1. The molecule has 194 valence electrons. The molecule has 0 radical (unpaired) electrons. The third kappa shape index (κ3) is 5.52. The Hall–Kier alpha value is -4.24. The van der Waals surface area contributed by atoms with Crippen LogP contribution in [-0.4, -0.2) is 51.9 Å². The van der Waals surface area contributed by atoms with Crippen LogP contribution in [0.15, 0.2) is 73.6 Å². The number of carbonyl (C=O) groups excluding carboxylic acids is 1. The number of nitrogens with zero attached hydrogens (tertiary/aromatic N) is 5. The molecular formula is C28H26ClFN6O2. The lowest BCUT2D eigenvalue weighted by Crippen LogP contribution is -2.36. The van der Waals surface area contributed by atoms with Crippen LogP contribution < -0.4 is 15.0 Å². The van der Waals surface area contributed by atoms with Crippen LogP contribution in [0.2, 0.25) is 5.02 Å². The molecule has 0 bridgehead atoms. The number of hydrogen-bond acceptors (Lipinski definition) is 7. The topological polar surface area (TPSA) is 83.5 Å². The Labute approximate surface area is 224 Å². The van der Waals surface area contributed by atoms with Gasteiger partial charge >= 0.3 is 0 Å². The highest BCUT2D eigenvalue weighted by Crippen LogP contribution is 2.31. The monoisotopic (exact) mass is 532 g/mol. The second kappa shape index (κ2) is 11.0. The summed E-state index contributed by atoms with van der Waals surface area (Å²) in [7, 11) is 1.97. The average molecular weight is 533 g/mol. The van der Waals surface area contributed by atoms with Gasteiger partial charge in [-0.1, -0.05) is 30.3 Å². The third-order valence-electron chi connectivity index (χ3n) is 6.50. The lowest BCUT2D eigenvalue weighted by Gasteiger charge is -2.26. The van der Waals surface area contributed by atoms with Gasteiger partial charge in [0.05, 0.1) is 10.5 Å². The van der Waals surface area contributed by atoms with Crippen LogP contribution in [0.1, 0.15) is 12.0 Å². The van der Waals surface area contributed by atoms with Crippen molar-refractivity contribution in [3.63, 3.8) is 0 Å². The normalized spacial score (nSPS) is 14.9. The number of benzene rings is 2. The lowest BCUT2D eigenvalue weighted by molar-refractivity contribution is -0.125. The van der Waals surface area contributed by atoms with Crippen LogP contribution >= 0.6 is 11.6 Å². The van der Waals surface area contributed by atoms with E-state index in [0.29, 0.717) is 52.0 Å². The van der Waals surface area contributed by atoms with Gasteiger partial charge in [0.25, 0.3) is 0 Å². The number of likely N-dealkylation sites (N-methyl/N-ethyl adjacent to an activating group) is 1. The number of fused-ring (bicyclic) bond motifs is 1. The van der Waals surface area contributed by atoms with E-state index in [2.05, 4.69) is 26.8 Å². The second-order valence-electron chi connectivity index (χ2n) is 8.99. The molecule has 2 aromatic heterocycles. The van der Waals surface area contributed by atoms with Crippen molar-refractivity contribution in [2.24, 2.45) is 0 Å². The van der Waals surface area contributed by atoms with E-state index in [-0.39, 0.29) is 24.4 Å². The first-order valence-electron chi connectivity index (χ1n) is 12.1. The van der Waals surface area contributed by atoms with Gasteiger partial charge < -0.3 is 19.9 Å². The summed E-state index contributed by atoms with van der Waals surface area (Å²) in [6.07, 6.45) is 3.67. The molecule has 1 unspecified atom stereocenters. The van der Waals surface area contributed by atoms with Gasteiger partial charge in [-0.2, -0.15) is 0 Å². The fourth-order valence-electron chi connectivity index (χ4n) is 4.41. The Kier molecular flexibility index (Phi) is 7.37. The van der Waals surface area contributed by atoms with E-state index in [9.17, 15) is 9.18 Å². The second-order valence-corrected chi connectivity index (χ2v) is 9.40. The number of ether oxygens (including phenoxy) is 1. The van der Waals surface area contributed by atoms with Crippen molar-refractivity contribution in [3.05, 3.63) is 90.0 Å². The van der Waals surface area contributed by atoms with Crippen molar-refractivity contribution in [3.8, 4) is 5.75 Å². The lowest BCUT2D eigenvalue weighted by atomic mass is 10.2. The number of rotatable bonds is 8. The minimum absolute atomic E-state index is 0.0590. The molecule has 1 aliphatic heterocycles. The van der Waals surface area contributed by atoms with Gasteiger partial charge in [0.15, 0.2) is 5.82 Å². The number of halogens is 2. The quantitative estimate of drug-likeness (QED) is 0.306. The Morgan fingerprint density at radius 3 is 2.92 bits per heavy atom. The Morgan fingerprint density at radius 2 is 2.13 bits per heavy atom. The van der Waals surface area contributed by atoms with Crippen LogP contribution in [0.4, 0.5) is 21.7 Å². The highest BCUT2D eigenvalue weighted by Gasteiger charge is 2.28. The van der Waals surface area contributed by atoms with Gasteiger partial charge in [-0.3, -0.25) is 4.79 Å². The van der Waals surface area contributed by atoms with Gasteiger partial charge in [-0.25, -0.2) is 19.3 Å². The average Bonchev–Trinajstić information content (AvgIpc) is 3.42. The van der Waals surface area contributed by atoms with Crippen LogP contribution in [0.25, 0.3) is 11.0 Å². The zero-order chi connectivity index (χ0) is 26.6. The van der Waals surface area contributed by atoms with Crippen molar-refractivity contribution in [2.45, 2.75) is 19.1 Å². The molecule has 10 heteroatoms. The van der Waals surface area contributed by atoms with Crippen molar-refractivity contribution < 1.29 is 13.9 Å². The fraction of sp³-hybridized carbons (Fsp3) is 0.214. The minimum Gasteiger partial charge on any atom is -0.487 e. The standard InChI is InChI=1S/C28H26ClFN6O2/c1-3-26(37)36-12-11-21(15-36)35(2)25-10-8-23-27(34-25)28(32-17-31-23)33-20-7-9-24(22(29)14-20)38-16-18-5-4-6-19(30)13-18/h3-10,13-14,17,21H,1,11-12,15-16H2,2H3,(H,31,32,33). The van der Waals surface area contributed by atoms with Crippen molar-refractivity contribution in [2.75, 3.05) is 30.4 Å². The molecule has 8 nitrogen and oxygen atoms in total. The number of carbonyl (C=O) groups is 1. The molecule has 4 aromatic rings. The molecule has 1 atom stereocenters. The van der Waals surface area contributed by atoms with Crippen molar-refractivity contribution in [1.29, 1.82) is 0 Å². The molecule has 1 saturated heterocycles. The molecule has 3 heterocycles. The molecule has 1 fully saturated rings. The van der Waals surface area contributed by atoms with E-state index in [1.807, 2.05) is 25.2 Å². The van der Waals surface area contributed by atoms with Gasteiger partial charge in [-0.15, -0.1) is 0 Å². The van der Waals surface area contributed by atoms with E-state index in [1.54, 1.807) is 29.2 Å². The molecule has 1 N–H and O–H groups in total. The maximum atomic E-state index is 13.4. The fourth-order valence-corrected chi connectivity index (χ4v) is 4.65. The SMILES string of the molecule is C=CC(=O)N1CCC(N(C)c2ccc3ncnc(Nc4ccc(OCc5cccc(F)c5)c(Cl)c4)c3n2)C1. The molecule has 0 saturated carbocycles. The molecule has 0 spiro atoms. The highest BCUT2D eigenvalue weighted by molar-refractivity contribution is 6.32. The minimum atomic E-state index is -0.315. The summed E-state index contributed by atoms with van der Waals surface area (Å²) in [6, 6.07) is 15.5. The van der Waals surface area contributed by atoms with Crippen molar-refractivity contribution >= 4 is 45.9 Å². The van der Waals surface area contributed by atoms with E-state index in [4.69, 9.17) is 21.3 Å². The first-order valence-corrected chi connectivity index (χ1v) is 12.5. The van der Waals surface area contributed by atoms with Gasteiger partial charge in [0.1, 0.15) is 35.8 Å².